The van der Waals surface area contributed by atoms with Crippen molar-refractivity contribution in [3.8, 4) is 0 Å². The molecule has 1 heterocycles. The van der Waals surface area contributed by atoms with Gasteiger partial charge in [-0.3, -0.25) is 0 Å². The first-order valence-electron chi connectivity index (χ1n) is 6.32. The van der Waals surface area contributed by atoms with Gasteiger partial charge in [-0.05, 0) is 33.8 Å². The molecular formula is C15H21NO2. The van der Waals surface area contributed by atoms with Gasteiger partial charge in [-0.15, -0.1) is 0 Å². The van der Waals surface area contributed by atoms with Crippen molar-refractivity contribution >= 4 is 11.0 Å². The van der Waals surface area contributed by atoms with Crippen LogP contribution in [0.15, 0.2) is 28.7 Å². The highest BCUT2D eigenvalue weighted by Gasteiger charge is 2.24. The van der Waals surface area contributed by atoms with Crippen molar-refractivity contribution in [1.82, 2.24) is 5.32 Å². The van der Waals surface area contributed by atoms with Crippen LogP contribution in [-0.2, 0) is 6.54 Å². The van der Waals surface area contributed by atoms with Gasteiger partial charge in [0.2, 0.25) is 0 Å². The van der Waals surface area contributed by atoms with E-state index in [1.807, 2.05) is 39.0 Å². The smallest absolute Gasteiger partial charge is 0.134 e. The van der Waals surface area contributed by atoms with E-state index in [4.69, 9.17) is 4.42 Å². The predicted molar refractivity (Wildman–Crippen MR) is 73.6 cm³/mol. The second kappa shape index (κ2) is 4.75. The number of hydrogen-bond donors (Lipinski definition) is 2. The van der Waals surface area contributed by atoms with Crippen LogP contribution in [0.1, 0.15) is 32.1 Å². The molecule has 18 heavy (non-hydrogen) atoms. The van der Waals surface area contributed by atoms with E-state index in [-0.39, 0.29) is 5.54 Å². The highest BCUT2D eigenvalue weighted by molar-refractivity contribution is 5.82. The molecule has 2 rings (SSSR count). The molecule has 2 aromatic rings. The van der Waals surface area contributed by atoms with Crippen molar-refractivity contribution in [2.75, 3.05) is 0 Å². The zero-order valence-corrected chi connectivity index (χ0v) is 11.4. The molecule has 0 saturated heterocycles. The summed E-state index contributed by atoms with van der Waals surface area (Å²) < 4.78 is 5.72. The molecule has 0 amide bonds. The van der Waals surface area contributed by atoms with Crippen molar-refractivity contribution in [2.45, 2.75) is 45.9 Å². The Morgan fingerprint density at radius 2 is 2.00 bits per heavy atom. The molecule has 0 spiro atoms. The highest BCUT2D eigenvalue weighted by Crippen LogP contribution is 2.25. The average Bonchev–Trinajstić information content (AvgIpc) is 2.62. The molecule has 1 aromatic heterocycles. The first-order chi connectivity index (χ1) is 8.42. The van der Waals surface area contributed by atoms with Crippen LogP contribution < -0.4 is 5.32 Å². The van der Waals surface area contributed by atoms with E-state index in [1.165, 1.54) is 5.56 Å². The molecule has 0 aliphatic rings. The van der Waals surface area contributed by atoms with Crippen LogP contribution in [0.5, 0.6) is 0 Å². The lowest BCUT2D eigenvalue weighted by Crippen LogP contribution is -2.47. The van der Waals surface area contributed by atoms with E-state index in [1.54, 1.807) is 6.92 Å². The SMILES string of the molecule is Cc1oc2ccccc2c1CNC(C)(C)C(C)O. The Labute approximate surface area is 108 Å². The Balaban J connectivity index is 2.25. The molecule has 1 aromatic carbocycles. The van der Waals surface area contributed by atoms with Gasteiger partial charge in [0.05, 0.1) is 6.10 Å². The van der Waals surface area contributed by atoms with Gasteiger partial charge < -0.3 is 14.8 Å². The van der Waals surface area contributed by atoms with Crippen LogP contribution in [0.4, 0.5) is 0 Å². The molecule has 0 bridgehead atoms. The third kappa shape index (κ3) is 2.42. The fourth-order valence-electron chi connectivity index (χ4n) is 1.90. The largest absolute Gasteiger partial charge is 0.461 e. The number of aliphatic hydroxyl groups excluding tert-OH is 1. The van der Waals surface area contributed by atoms with Gasteiger partial charge in [0.25, 0.3) is 0 Å². The minimum Gasteiger partial charge on any atom is -0.461 e. The number of hydrogen-bond acceptors (Lipinski definition) is 3. The summed E-state index contributed by atoms with van der Waals surface area (Å²) in [4.78, 5) is 0. The summed E-state index contributed by atoms with van der Waals surface area (Å²) in [6.07, 6.45) is -0.407. The summed E-state index contributed by atoms with van der Waals surface area (Å²) in [5, 5.41) is 14.2. The van der Waals surface area contributed by atoms with Crippen LogP contribution in [0.2, 0.25) is 0 Å². The molecule has 0 aliphatic heterocycles. The van der Waals surface area contributed by atoms with E-state index in [9.17, 15) is 5.11 Å². The van der Waals surface area contributed by atoms with E-state index >= 15 is 0 Å². The fourth-order valence-corrected chi connectivity index (χ4v) is 1.90. The molecular weight excluding hydrogens is 226 g/mol. The second-order valence-electron chi connectivity index (χ2n) is 5.38. The molecule has 3 heteroatoms. The standard InChI is InChI=1S/C15H21NO2/c1-10-13(9-16-15(3,4)11(2)17)12-7-5-6-8-14(12)18-10/h5-8,11,16-17H,9H2,1-4H3. The molecule has 0 aliphatic carbocycles. The number of aryl methyl sites for hydroxylation is 1. The van der Waals surface area contributed by atoms with Gasteiger partial charge in [0.1, 0.15) is 11.3 Å². The maximum atomic E-state index is 9.71. The number of furan rings is 1. The fraction of sp³-hybridized carbons (Fsp3) is 0.467. The Morgan fingerprint density at radius 3 is 2.67 bits per heavy atom. The topological polar surface area (TPSA) is 45.4 Å². The van der Waals surface area contributed by atoms with Crippen LogP contribution in [0.3, 0.4) is 0 Å². The number of aliphatic hydroxyl groups is 1. The first kappa shape index (κ1) is 13.1. The molecule has 0 saturated carbocycles. The maximum absolute atomic E-state index is 9.71. The summed E-state index contributed by atoms with van der Waals surface area (Å²) >= 11 is 0. The third-order valence-corrected chi connectivity index (χ3v) is 3.67. The number of fused-ring (bicyclic) bond motifs is 1. The quantitative estimate of drug-likeness (QED) is 0.873. The molecule has 0 radical (unpaired) electrons. The molecule has 98 valence electrons. The number of rotatable bonds is 4. The number of para-hydroxylation sites is 1. The van der Waals surface area contributed by atoms with Crippen molar-refractivity contribution in [3.05, 3.63) is 35.6 Å². The Morgan fingerprint density at radius 1 is 1.33 bits per heavy atom. The van der Waals surface area contributed by atoms with Crippen molar-refractivity contribution in [2.24, 2.45) is 0 Å². The summed E-state index contributed by atoms with van der Waals surface area (Å²) in [6.45, 7) is 8.46. The Kier molecular flexibility index (Phi) is 3.46. The zero-order valence-electron chi connectivity index (χ0n) is 11.4. The van der Waals surface area contributed by atoms with Crippen LogP contribution >= 0.6 is 0 Å². The van der Waals surface area contributed by atoms with Gasteiger partial charge in [-0.2, -0.15) is 0 Å². The van der Waals surface area contributed by atoms with Gasteiger partial charge in [-0.1, -0.05) is 18.2 Å². The normalized spacial score (nSPS) is 14.1. The zero-order chi connectivity index (χ0) is 13.3. The van der Waals surface area contributed by atoms with E-state index < -0.39 is 6.10 Å². The molecule has 2 N–H and O–H groups in total. The summed E-state index contributed by atoms with van der Waals surface area (Å²) in [6, 6.07) is 8.03. The third-order valence-electron chi connectivity index (χ3n) is 3.67. The second-order valence-corrected chi connectivity index (χ2v) is 5.38. The molecule has 1 unspecified atom stereocenters. The van der Waals surface area contributed by atoms with Crippen LogP contribution in [-0.4, -0.2) is 16.7 Å². The summed E-state index contributed by atoms with van der Waals surface area (Å²) in [5.74, 6) is 0.935. The average molecular weight is 247 g/mol. The molecule has 0 fully saturated rings. The Hall–Kier alpha value is -1.32. The van der Waals surface area contributed by atoms with Gasteiger partial charge in [0, 0.05) is 23.0 Å². The minimum atomic E-state index is -0.407. The Bertz CT molecular complexity index is 540. The molecule has 3 nitrogen and oxygen atoms in total. The molecule has 1 atom stereocenters. The first-order valence-corrected chi connectivity index (χ1v) is 6.32. The lowest BCUT2D eigenvalue weighted by Gasteiger charge is -2.29. The number of nitrogens with one attached hydrogen (secondary N) is 1. The van der Waals surface area contributed by atoms with E-state index in [0.29, 0.717) is 6.54 Å². The predicted octanol–water partition coefficient (Wildman–Crippen LogP) is 2.99. The number of benzene rings is 1. The maximum Gasteiger partial charge on any atom is 0.134 e. The summed E-state index contributed by atoms with van der Waals surface area (Å²) in [7, 11) is 0. The summed E-state index contributed by atoms with van der Waals surface area (Å²) in [5.41, 5.74) is 1.77. The lowest BCUT2D eigenvalue weighted by atomic mass is 9.98. The van der Waals surface area contributed by atoms with E-state index in [2.05, 4.69) is 11.4 Å². The van der Waals surface area contributed by atoms with Gasteiger partial charge in [-0.25, -0.2) is 0 Å². The van der Waals surface area contributed by atoms with E-state index in [0.717, 1.165) is 16.7 Å². The van der Waals surface area contributed by atoms with Gasteiger partial charge >= 0.3 is 0 Å². The van der Waals surface area contributed by atoms with Crippen molar-refractivity contribution in [3.63, 3.8) is 0 Å². The van der Waals surface area contributed by atoms with Crippen LogP contribution in [0, 0.1) is 6.92 Å². The van der Waals surface area contributed by atoms with Crippen molar-refractivity contribution in [1.29, 1.82) is 0 Å². The van der Waals surface area contributed by atoms with Gasteiger partial charge in [0.15, 0.2) is 0 Å². The lowest BCUT2D eigenvalue weighted by molar-refractivity contribution is 0.0956. The highest BCUT2D eigenvalue weighted by atomic mass is 16.3. The monoisotopic (exact) mass is 247 g/mol. The van der Waals surface area contributed by atoms with Crippen molar-refractivity contribution < 1.29 is 9.52 Å². The van der Waals surface area contributed by atoms with Crippen LogP contribution in [0.25, 0.3) is 11.0 Å². The minimum absolute atomic E-state index is 0.315.